The average Bonchev–Trinajstić information content (AvgIpc) is 2.57. The van der Waals surface area contributed by atoms with Gasteiger partial charge in [-0.25, -0.2) is 0 Å². The van der Waals surface area contributed by atoms with Gasteiger partial charge in [0.15, 0.2) is 0 Å². The van der Waals surface area contributed by atoms with Crippen molar-refractivity contribution in [3.05, 3.63) is 35.4 Å². The predicted molar refractivity (Wildman–Crippen MR) is 64.4 cm³/mol. The summed E-state index contributed by atoms with van der Waals surface area (Å²) in [6, 6.07) is 7.90. The summed E-state index contributed by atoms with van der Waals surface area (Å²) in [5.41, 5.74) is 2.17. The number of aryl methyl sites for hydroxylation is 1. The number of hydrogen-bond acceptors (Lipinski definition) is 4. The fraction of sp³-hybridized carbons (Fsp3) is 0.500. The van der Waals surface area contributed by atoms with E-state index < -0.39 is 12.2 Å². The minimum atomic E-state index is -0.846. The molecular weight excluding hydrogens is 224 g/mol. The Labute approximate surface area is 99.1 Å². The van der Waals surface area contributed by atoms with Crippen LogP contribution in [-0.2, 0) is 0 Å². The Morgan fingerprint density at radius 3 is 2.25 bits per heavy atom. The van der Waals surface area contributed by atoms with E-state index in [2.05, 4.69) is 0 Å². The molecule has 1 unspecified atom stereocenters. The van der Waals surface area contributed by atoms with Crippen LogP contribution in [0.2, 0.25) is 0 Å². The second kappa shape index (κ2) is 4.75. The molecule has 0 amide bonds. The predicted octanol–water partition coefficient (Wildman–Crippen LogP) is 0.866. The van der Waals surface area contributed by atoms with Crippen LogP contribution in [0.4, 0.5) is 0 Å². The first-order valence-electron chi connectivity index (χ1n) is 5.32. The standard InChI is InChI=1S/C12H16O3S/c1-7-2-4-8(5-3-7)12-11(15)10(14)9(6-13)16-12/h2-5,9-15H,6H2,1H3/t9-,10+,11+,12?/m0/s1. The van der Waals surface area contributed by atoms with Crippen LogP contribution in [0.25, 0.3) is 0 Å². The van der Waals surface area contributed by atoms with Crippen LogP contribution in [0.1, 0.15) is 16.4 Å². The molecule has 1 aliphatic rings. The lowest BCUT2D eigenvalue weighted by Crippen LogP contribution is -2.31. The molecule has 0 radical (unpaired) electrons. The topological polar surface area (TPSA) is 60.7 Å². The first-order valence-corrected chi connectivity index (χ1v) is 6.27. The molecule has 3 N–H and O–H groups in total. The summed E-state index contributed by atoms with van der Waals surface area (Å²) in [6.07, 6.45) is -1.65. The number of aliphatic hydroxyl groups is 3. The normalized spacial score (nSPS) is 34.2. The molecule has 1 aliphatic heterocycles. The van der Waals surface area contributed by atoms with Crippen LogP contribution < -0.4 is 0 Å². The van der Waals surface area contributed by atoms with Gasteiger partial charge in [0, 0.05) is 0 Å². The Morgan fingerprint density at radius 2 is 1.75 bits per heavy atom. The van der Waals surface area contributed by atoms with Crippen LogP contribution in [0.5, 0.6) is 0 Å². The van der Waals surface area contributed by atoms with Gasteiger partial charge in [0.05, 0.1) is 29.3 Å². The van der Waals surface area contributed by atoms with E-state index in [1.54, 1.807) is 0 Å². The number of thioether (sulfide) groups is 1. The average molecular weight is 240 g/mol. The molecule has 1 saturated heterocycles. The Morgan fingerprint density at radius 1 is 1.12 bits per heavy atom. The second-order valence-electron chi connectivity index (χ2n) is 4.17. The lowest BCUT2D eigenvalue weighted by atomic mass is 10.0. The zero-order valence-corrected chi connectivity index (χ0v) is 9.89. The third kappa shape index (κ3) is 2.11. The zero-order valence-electron chi connectivity index (χ0n) is 9.08. The van der Waals surface area contributed by atoms with Gasteiger partial charge >= 0.3 is 0 Å². The van der Waals surface area contributed by atoms with Gasteiger partial charge in [0.2, 0.25) is 0 Å². The van der Waals surface area contributed by atoms with E-state index >= 15 is 0 Å². The van der Waals surface area contributed by atoms with Crippen LogP contribution >= 0.6 is 11.8 Å². The van der Waals surface area contributed by atoms with Crippen molar-refractivity contribution < 1.29 is 15.3 Å². The molecule has 3 nitrogen and oxygen atoms in total. The summed E-state index contributed by atoms with van der Waals surface area (Å²) in [4.78, 5) is 0. The number of rotatable bonds is 2. The summed E-state index contributed by atoms with van der Waals surface area (Å²) in [7, 11) is 0. The molecule has 4 atom stereocenters. The Balaban J connectivity index is 2.19. The lowest BCUT2D eigenvalue weighted by Gasteiger charge is -2.15. The molecule has 0 bridgehead atoms. The summed E-state index contributed by atoms with van der Waals surface area (Å²) in [5, 5.41) is 28.2. The molecule has 4 heteroatoms. The van der Waals surface area contributed by atoms with E-state index in [1.165, 1.54) is 17.3 Å². The molecule has 0 aromatic heterocycles. The van der Waals surface area contributed by atoms with E-state index in [0.717, 1.165) is 5.56 Å². The summed E-state index contributed by atoms with van der Waals surface area (Å²) in [5.74, 6) is 0. The molecule has 0 saturated carbocycles. The van der Waals surface area contributed by atoms with Crippen LogP contribution in [-0.4, -0.2) is 39.4 Å². The summed E-state index contributed by atoms with van der Waals surface area (Å²) in [6.45, 7) is 1.90. The van der Waals surface area contributed by atoms with Crippen molar-refractivity contribution in [2.75, 3.05) is 6.61 Å². The van der Waals surface area contributed by atoms with Crippen LogP contribution in [0.15, 0.2) is 24.3 Å². The smallest absolute Gasteiger partial charge is 0.0970 e. The van der Waals surface area contributed by atoms with E-state index in [4.69, 9.17) is 5.11 Å². The molecule has 2 rings (SSSR count). The monoisotopic (exact) mass is 240 g/mol. The van der Waals surface area contributed by atoms with Crippen molar-refractivity contribution in [1.29, 1.82) is 0 Å². The molecule has 0 spiro atoms. The first kappa shape index (κ1) is 11.9. The molecule has 1 fully saturated rings. The van der Waals surface area contributed by atoms with Gasteiger partial charge in [-0.15, -0.1) is 11.8 Å². The van der Waals surface area contributed by atoms with Crippen LogP contribution in [0.3, 0.4) is 0 Å². The maximum atomic E-state index is 9.90. The van der Waals surface area contributed by atoms with E-state index in [1.807, 2.05) is 31.2 Å². The van der Waals surface area contributed by atoms with Crippen molar-refractivity contribution in [2.24, 2.45) is 0 Å². The third-order valence-electron chi connectivity index (χ3n) is 2.95. The lowest BCUT2D eigenvalue weighted by molar-refractivity contribution is 0.0198. The van der Waals surface area contributed by atoms with Gasteiger partial charge in [0.1, 0.15) is 0 Å². The molecule has 0 aliphatic carbocycles. The van der Waals surface area contributed by atoms with Gasteiger partial charge in [-0.2, -0.15) is 0 Å². The number of benzene rings is 1. The van der Waals surface area contributed by atoms with Crippen LogP contribution in [0, 0.1) is 6.92 Å². The highest BCUT2D eigenvalue weighted by atomic mass is 32.2. The number of aliphatic hydroxyl groups excluding tert-OH is 3. The first-order chi connectivity index (χ1) is 7.63. The van der Waals surface area contributed by atoms with E-state index in [-0.39, 0.29) is 17.1 Å². The Hall–Kier alpha value is -0.550. The molecule has 1 aromatic carbocycles. The van der Waals surface area contributed by atoms with Gasteiger partial charge in [-0.05, 0) is 12.5 Å². The molecule has 88 valence electrons. The molecule has 1 aromatic rings. The van der Waals surface area contributed by atoms with Gasteiger partial charge in [0.25, 0.3) is 0 Å². The molecule has 16 heavy (non-hydrogen) atoms. The second-order valence-corrected chi connectivity index (χ2v) is 5.56. The number of hydrogen-bond donors (Lipinski definition) is 3. The van der Waals surface area contributed by atoms with Crippen molar-refractivity contribution in [2.45, 2.75) is 29.6 Å². The molecule has 1 heterocycles. The quantitative estimate of drug-likeness (QED) is 0.718. The SMILES string of the molecule is Cc1ccc(C2S[C@@H](CO)[C@@H](O)[C@H]2O)cc1. The van der Waals surface area contributed by atoms with Crippen molar-refractivity contribution in [3.8, 4) is 0 Å². The van der Waals surface area contributed by atoms with Gasteiger partial charge < -0.3 is 15.3 Å². The molecular formula is C12H16O3S. The fourth-order valence-corrected chi connectivity index (χ4v) is 3.35. The van der Waals surface area contributed by atoms with E-state index in [9.17, 15) is 10.2 Å². The highest BCUT2D eigenvalue weighted by Crippen LogP contribution is 2.44. The maximum Gasteiger partial charge on any atom is 0.0970 e. The third-order valence-corrected chi connectivity index (χ3v) is 4.57. The minimum absolute atomic E-state index is 0.106. The van der Waals surface area contributed by atoms with Crippen molar-refractivity contribution in [3.63, 3.8) is 0 Å². The summed E-state index contributed by atoms with van der Waals surface area (Å²) < 4.78 is 0. The van der Waals surface area contributed by atoms with Gasteiger partial charge in [-0.3, -0.25) is 0 Å². The van der Waals surface area contributed by atoms with Gasteiger partial charge in [-0.1, -0.05) is 29.8 Å². The largest absolute Gasteiger partial charge is 0.395 e. The minimum Gasteiger partial charge on any atom is -0.395 e. The Bertz CT molecular complexity index is 352. The summed E-state index contributed by atoms with van der Waals surface area (Å²) >= 11 is 1.44. The van der Waals surface area contributed by atoms with Crippen molar-refractivity contribution in [1.82, 2.24) is 0 Å². The van der Waals surface area contributed by atoms with E-state index in [0.29, 0.717) is 0 Å². The maximum absolute atomic E-state index is 9.90. The van der Waals surface area contributed by atoms with Crippen molar-refractivity contribution >= 4 is 11.8 Å². The fourth-order valence-electron chi connectivity index (χ4n) is 1.93. The highest BCUT2D eigenvalue weighted by molar-refractivity contribution is 8.00. The zero-order chi connectivity index (χ0) is 11.7. The Kier molecular flexibility index (Phi) is 3.54. The highest BCUT2D eigenvalue weighted by Gasteiger charge is 2.42.